The Morgan fingerprint density at radius 2 is 1.95 bits per heavy atom. The van der Waals surface area contributed by atoms with E-state index in [4.69, 9.17) is 23.8 Å². The van der Waals surface area contributed by atoms with Gasteiger partial charge in [-0.05, 0) is 73.2 Å². The Morgan fingerprint density at radius 1 is 1.14 bits per heavy atom. The lowest BCUT2D eigenvalue weighted by atomic mass is 10.0. The fourth-order valence-electron chi connectivity index (χ4n) is 4.62. The van der Waals surface area contributed by atoms with Crippen molar-refractivity contribution >= 4 is 40.5 Å². The molecule has 0 spiro atoms. The molecule has 0 aliphatic carbocycles. The molecule has 0 radical (unpaired) electrons. The Balaban J connectivity index is 1.46. The monoisotopic (exact) mass is 533 g/mol. The molecule has 1 amide bonds. The second-order valence-electron chi connectivity index (χ2n) is 8.83. The summed E-state index contributed by atoms with van der Waals surface area (Å²) in [5.41, 5.74) is 4.25. The van der Waals surface area contributed by atoms with Crippen molar-refractivity contribution in [3.8, 4) is 5.69 Å². The molecule has 4 aromatic rings. The van der Waals surface area contributed by atoms with Crippen LogP contribution in [0.15, 0.2) is 85.2 Å². The van der Waals surface area contributed by atoms with Crippen LogP contribution in [0.4, 0.5) is 10.1 Å². The lowest BCUT2D eigenvalue weighted by Crippen LogP contribution is -2.33. The van der Waals surface area contributed by atoms with Gasteiger partial charge in [-0.1, -0.05) is 35.9 Å². The minimum Gasteiger partial charge on any atom is -0.352 e. The van der Waals surface area contributed by atoms with E-state index in [2.05, 4.69) is 15.6 Å². The van der Waals surface area contributed by atoms with Crippen molar-refractivity contribution in [1.29, 1.82) is 0 Å². The molecule has 37 heavy (non-hydrogen) atoms. The molecule has 0 bridgehead atoms. The van der Waals surface area contributed by atoms with Crippen molar-refractivity contribution in [2.75, 3.05) is 11.9 Å². The molecule has 2 atom stereocenters. The van der Waals surface area contributed by atoms with Gasteiger partial charge < -0.3 is 20.1 Å². The van der Waals surface area contributed by atoms with E-state index in [0.29, 0.717) is 11.7 Å². The minimum absolute atomic E-state index is 0.0447. The largest absolute Gasteiger partial charge is 0.352 e. The Hall–Kier alpha value is -3.75. The zero-order valence-corrected chi connectivity index (χ0v) is 21.6. The maximum absolute atomic E-state index is 13.9. The number of nitrogens with one attached hydrogen (secondary N) is 2. The number of nitrogens with zero attached hydrogens (tertiary/aromatic N) is 3. The van der Waals surface area contributed by atoms with Crippen LogP contribution in [0.1, 0.15) is 35.5 Å². The van der Waals surface area contributed by atoms with Gasteiger partial charge in [-0.15, -0.1) is 0 Å². The molecule has 2 aromatic carbocycles. The van der Waals surface area contributed by atoms with Gasteiger partial charge in [0, 0.05) is 42.4 Å². The summed E-state index contributed by atoms with van der Waals surface area (Å²) >= 11 is 11.8. The number of amides is 1. The molecule has 3 heterocycles. The van der Waals surface area contributed by atoms with E-state index >= 15 is 0 Å². The number of aromatic nitrogens is 2. The molecule has 188 valence electrons. The maximum Gasteiger partial charge on any atom is 0.226 e. The zero-order valence-electron chi connectivity index (χ0n) is 20.1. The third-order valence-corrected chi connectivity index (χ3v) is 7.10. The highest BCUT2D eigenvalue weighted by molar-refractivity contribution is 7.80. The summed E-state index contributed by atoms with van der Waals surface area (Å²) in [6.07, 6.45) is 3.89. The molecule has 2 N–H and O–H groups in total. The first-order valence-corrected chi connectivity index (χ1v) is 12.7. The van der Waals surface area contributed by atoms with E-state index < -0.39 is 5.82 Å². The first-order valence-electron chi connectivity index (χ1n) is 11.9. The number of carbonyl (C=O) groups is 1. The van der Waals surface area contributed by atoms with Crippen LogP contribution in [-0.4, -0.2) is 32.0 Å². The van der Waals surface area contributed by atoms with Crippen LogP contribution < -0.4 is 10.6 Å². The van der Waals surface area contributed by atoms with E-state index in [-0.39, 0.29) is 29.4 Å². The Labute approximate surface area is 225 Å². The van der Waals surface area contributed by atoms with E-state index in [0.717, 1.165) is 28.3 Å². The first kappa shape index (κ1) is 24.9. The van der Waals surface area contributed by atoms with E-state index in [1.807, 2.05) is 77.2 Å². The summed E-state index contributed by atoms with van der Waals surface area (Å²) in [7, 11) is 0. The van der Waals surface area contributed by atoms with Gasteiger partial charge in [-0.2, -0.15) is 0 Å². The lowest BCUT2D eigenvalue weighted by molar-refractivity contribution is -0.116. The van der Waals surface area contributed by atoms with Crippen LogP contribution in [0.2, 0.25) is 5.02 Å². The molecule has 5 rings (SSSR count). The van der Waals surface area contributed by atoms with Crippen LogP contribution in [0.25, 0.3) is 5.69 Å². The SMILES string of the molecule is Cc1ccccc1NC(=O)CCN1C(=S)N[C@H](c2ccccn2)[C@@H]1c1cccn1-c1ccc(F)c(Cl)c1. The zero-order chi connectivity index (χ0) is 25.9. The number of hydrogen-bond acceptors (Lipinski definition) is 3. The van der Waals surface area contributed by atoms with Crippen molar-refractivity contribution in [2.24, 2.45) is 0 Å². The van der Waals surface area contributed by atoms with Crippen molar-refractivity contribution in [3.05, 3.63) is 113 Å². The average Bonchev–Trinajstić information content (AvgIpc) is 3.50. The standard InChI is InChI=1S/C28H25ClFN5OS/c1-18-7-2-3-8-22(18)32-25(36)13-16-35-27(26(33-28(35)37)23-9-4-5-14-31-23)24-10-6-15-34(24)19-11-12-21(30)20(29)17-19/h2-12,14-15,17,26-27H,13,16H2,1H3,(H,32,36)(H,33,37)/t26-,27+/m1/s1. The van der Waals surface area contributed by atoms with Crippen LogP contribution in [0, 0.1) is 12.7 Å². The van der Waals surface area contributed by atoms with Crippen LogP contribution >= 0.6 is 23.8 Å². The number of hydrogen-bond donors (Lipinski definition) is 2. The normalized spacial score (nSPS) is 17.1. The van der Waals surface area contributed by atoms with Crippen molar-refractivity contribution < 1.29 is 9.18 Å². The first-order chi connectivity index (χ1) is 17.9. The Morgan fingerprint density at radius 3 is 2.70 bits per heavy atom. The van der Waals surface area contributed by atoms with Crippen molar-refractivity contribution in [3.63, 3.8) is 0 Å². The number of carbonyl (C=O) groups excluding carboxylic acids is 1. The third kappa shape index (κ3) is 5.21. The summed E-state index contributed by atoms with van der Waals surface area (Å²) in [6, 6.07) is 21.4. The number of benzene rings is 2. The number of thiocarbonyl (C=S) groups is 1. The van der Waals surface area contributed by atoms with Crippen molar-refractivity contribution in [2.45, 2.75) is 25.4 Å². The molecule has 0 saturated carbocycles. The van der Waals surface area contributed by atoms with Crippen molar-refractivity contribution in [1.82, 2.24) is 19.8 Å². The van der Waals surface area contributed by atoms with Gasteiger partial charge in [0.15, 0.2) is 5.11 Å². The van der Waals surface area contributed by atoms with E-state index in [1.165, 1.54) is 6.07 Å². The molecule has 1 fully saturated rings. The highest BCUT2D eigenvalue weighted by Crippen LogP contribution is 2.39. The molecule has 1 saturated heterocycles. The average molecular weight is 534 g/mol. The second-order valence-corrected chi connectivity index (χ2v) is 9.63. The lowest BCUT2D eigenvalue weighted by Gasteiger charge is -2.29. The van der Waals surface area contributed by atoms with Gasteiger partial charge in [0.2, 0.25) is 5.91 Å². The minimum atomic E-state index is -0.476. The number of rotatable bonds is 7. The van der Waals surface area contributed by atoms with Crippen LogP contribution in [0.3, 0.4) is 0 Å². The van der Waals surface area contributed by atoms with Gasteiger partial charge in [0.25, 0.3) is 0 Å². The fraction of sp³-hybridized carbons (Fsp3) is 0.179. The van der Waals surface area contributed by atoms with Gasteiger partial charge in [-0.3, -0.25) is 9.78 Å². The molecule has 2 aromatic heterocycles. The van der Waals surface area contributed by atoms with E-state index in [9.17, 15) is 9.18 Å². The molecule has 6 nitrogen and oxygen atoms in total. The highest BCUT2D eigenvalue weighted by atomic mass is 35.5. The summed E-state index contributed by atoms with van der Waals surface area (Å²) in [6.45, 7) is 2.35. The number of pyridine rings is 1. The summed E-state index contributed by atoms with van der Waals surface area (Å²) in [4.78, 5) is 19.4. The maximum atomic E-state index is 13.9. The number of para-hydroxylation sites is 1. The topological polar surface area (TPSA) is 62.2 Å². The third-order valence-electron chi connectivity index (χ3n) is 6.46. The quantitative estimate of drug-likeness (QED) is 0.286. The van der Waals surface area contributed by atoms with Crippen LogP contribution in [0.5, 0.6) is 0 Å². The van der Waals surface area contributed by atoms with Gasteiger partial charge in [0.05, 0.1) is 22.8 Å². The predicted octanol–water partition coefficient (Wildman–Crippen LogP) is 5.97. The molecular weight excluding hydrogens is 509 g/mol. The smallest absolute Gasteiger partial charge is 0.226 e. The van der Waals surface area contributed by atoms with Gasteiger partial charge in [-0.25, -0.2) is 4.39 Å². The summed E-state index contributed by atoms with van der Waals surface area (Å²) < 4.78 is 15.8. The Kier molecular flexibility index (Phi) is 7.21. The van der Waals surface area contributed by atoms with Gasteiger partial charge in [0.1, 0.15) is 5.82 Å². The molecule has 1 aliphatic heterocycles. The summed E-state index contributed by atoms with van der Waals surface area (Å²) in [5, 5.41) is 6.98. The molecular formula is C28H25ClFN5OS. The molecule has 0 unspecified atom stereocenters. The molecule has 1 aliphatic rings. The second kappa shape index (κ2) is 10.7. The highest BCUT2D eigenvalue weighted by Gasteiger charge is 2.41. The summed E-state index contributed by atoms with van der Waals surface area (Å²) in [5.74, 6) is -0.576. The molecule has 9 heteroatoms. The number of aryl methyl sites for hydroxylation is 1. The number of halogens is 2. The fourth-order valence-corrected chi connectivity index (χ4v) is 5.13. The van der Waals surface area contributed by atoms with E-state index in [1.54, 1.807) is 18.3 Å². The number of anilines is 1. The van der Waals surface area contributed by atoms with Gasteiger partial charge >= 0.3 is 0 Å². The Bertz CT molecular complexity index is 1440. The predicted molar refractivity (Wildman–Crippen MR) is 147 cm³/mol. The van der Waals surface area contributed by atoms with Crippen LogP contribution in [-0.2, 0) is 4.79 Å².